The van der Waals surface area contributed by atoms with Crippen molar-refractivity contribution in [2.75, 3.05) is 26.2 Å². The van der Waals surface area contributed by atoms with Gasteiger partial charge in [-0.1, -0.05) is 22.0 Å². The number of hydrogen-bond acceptors (Lipinski definition) is 3. The molecule has 126 valence electrons. The third kappa shape index (κ3) is 3.65. The molecule has 3 rings (SSSR count). The van der Waals surface area contributed by atoms with Gasteiger partial charge in [-0.2, -0.15) is 0 Å². The summed E-state index contributed by atoms with van der Waals surface area (Å²) in [5, 5.41) is 0. The first-order valence-corrected chi connectivity index (χ1v) is 8.74. The molecule has 1 aromatic heterocycles. The van der Waals surface area contributed by atoms with Crippen molar-refractivity contribution >= 4 is 21.8 Å². The number of hydrogen-bond donors (Lipinski definition) is 0. The zero-order valence-electron chi connectivity index (χ0n) is 13.5. The Balaban J connectivity index is 1.64. The summed E-state index contributed by atoms with van der Waals surface area (Å²) < 4.78 is 14.6. The summed E-state index contributed by atoms with van der Waals surface area (Å²) in [5.41, 5.74) is 1.29. The van der Waals surface area contributed by atoms with Crippen LogP contribution in [-0.2, 0) is 0 Å². The first-order chi connectivity index (χ1) is 11.6. The summed E-state index contributed by atoms with van der Waals surface area (Å²) in [6, 6.07) is 8.70. The molecule has 0 spiro atoms. The number of nitrogens with zero attached hydrogens (tertiary/aromatic N) is 3. The highest BCUT2D eigenvalue weighted by Crippen LogP contribution is 2.22. The molecule has 2 heterocycles. The van der Waals surface area contributed by atoms with Crippen molar-refractivity contribution in [2.45, 2.75) is 13.0 Å². The molecule has 0 unspecified atom stereocenters. The summed E-state index contributed by atoms with van der Waals surface area (Å²) in [4.78, 5) is 20.8. The summed E-state index contributed by atoms with van der Waals surface area (Å²) in [6.07, 6.45) is 3.64. The first kappa shape index (κ1) is 17.0. The first-order valence-electron chi connectivity index (χ1n) is 7.94. The normalized spacial score (nSPS) is 16.9. The Kier molecular flexibility index (Phi) is 5.26. The zero-order chi connectivity index (χ0) is 17.1. The monoisotopic (exact) mass is 391 g/mol. The van der Waals surface area contributed by atoms with E-state index in [1.165, 1.54) is 6.07 Å². The van der Waals surface area contributed by atoms with Crippen LogP contribution in [0, 0.1) is 5.82 Å². The van der Waals surface area contributed by atoms with Crippen LogP contribution in [0.1, 0.15) is 28.9 Å². The fourth-order valence-corrected chi connectivity index (χ4v) is 3.34. The van der Waals surface area contributed by atoms with Crippen LogP contribution in [0.3, 0.4) is 0 Å². The second kappa shape index (κ2) is 7.40. The molecule has 1 atom stereocenters. The molecule has 0 bridgehead atoms. The summed E-state index contributed by atoms with van der Waals surface area (Å²) in [5.74, 6) is -0.725. The quantitative estimate of drug-likeness (QED) is 0.803. The lowest BCUT2D eigenvalue weighted by Crippen LogP contribution is -2.49. The minimum Gasteiger partial charge on any atom is -0.336 e. The van der Waals surface area contributed by atoms with Gasteiger partial charge in [0, 0.05) is 49.1 Å². The molecule has 6 heteroatoms. The second-order valence-corrected chi connectivity index (χ2v) is 6.83. The molecule has 1 fully saturated rings. The lowest BCUT2D eigenvalue weighted by atomic mass is 10.1. The predicted molar refractivity (Wildman–Crippen MR) is 94.2 cm³/mol. The Bertz CT molecular complexity index is 717. The predicted octanol–water partition coefficient (Wildman–Crippen LogP) is 3.50. The fourth-order valence-electron chi connectivity index (χ4n) is 2.98. The van der Waals surface area contributed by atoms with Crippen molar-refractivity contribution in [3.63, 3.8) is 0 Å². The number of halogens is 2. The average Bonchev–Trinajstić information content (AvgIpc) is 2.63. The van der Waals surface area contributed by atoms with E-state index >= 15 is 0 Å². The van der Waals surface area contributed by atoms with E-state index in [-0.39, 0.29) is 17.5 Å². The SMILES string of the molecule is C[C@@H](c1cccnc1)N1CCN(C(=O)c2cc(Br)ccc2F)CC1. The fraction of sp³-hybridized carbons (Fsp3) is 0.333. The molecule has 1 aliphatic rings. The van der Waals surface area contributed by atoms with Crippen LogP contribution < -0.4 is 0 Å². The van der Waals surface area contributed by atoms with Gasteiger partial charge < -0.3 is 4.90 Å². The largest absolute Gasteiger partial charge is 0.336 e. The second-order valence-electron chi connectivity index (χ2n) is 5.91. The van der Waals surface area contributed by atoms with Crippen molar-refractivity contribution in [1.29, 1.82) is 0 Å². The van der Waals surface area contributed by atoms with Gasteiger partial charge in [-0.3, -0.25) is 14.7 Å². The van der Waals surface area contributed by atoms with Crippen LogP contribution in [0.2, 0.25) is 0 Å². The smallest absolute Gasteiger partial charge is 0.256 e. The third-order valence-electron chi connectivity index (χ3n) is 4.47. The van der Waals surface area contributed by atoms with E-state index in [0.717, 1.165) is 18.7 Å². The number of carbonyl (C=O) groups excluding carboxylic acids is 1. The standard InChI is InChI=1S/C18H19BrFN3O/c1-13(14-3-2-6-21-12-14)22-7-9-23(10-8-22)18(24)16-11-15(19)4-5-17(16)20/h2-6,11-13H,7-10H2,1H3/t13-/m0/s1. The van der Waals surface area contributed by atoms with Gasteiger partial charge in [-0.05, 0) is 36.8 Å². The van der Waals surface area contributed by atoms with Crippen molar-refractivity contribution in [2.24, 2.45) is 0 Å². The maximum absolute atomic E-state index is 13.9. The zero-order valence-corrected chi connectivity index (χ0v) is 15.0. The highest BCUT2D eigenvalue weighted by atomic mass is 79.9. The average molecular weight is 392 g/mol. The van der Waals surface area contributed by atoms with Crippen LogP contribution in [-0.4, -0.2) is 46.9 Å². The molecule has 1 aromatic carbocycles. The van der Waals surface area contributed by atoms with Gasteiger partial charge in [-0.25, -0.2) is 4.39 Å². The molecule has 24 heavy (non-hydrogen) atoms. The van der Waals surface area contributed by atoms with Crippen molar-refractivity contribution in [3.05, 3.63) is 64.1 Å². The van der Waals surface area contributed by atoms with Crippen molar-refractivity contribution in [3.8, 4) is 0 Å². The van der Waals surface area contributed by atoms with E-state index in [2.05, 4.69) is 38.8 Å². The molecule has 0 aliphatic carbocycles. The van der Waals surface area contributed by atoms with Gasteiger partial charge in [0.2, 0.25) is 0 Å². The van der Waals surface area contributed by atoms with Crippen LogP contribution in [0.15, 0.2) is 47.2 Å². The maximum atomic E-state index is 13.9. The Labute approximate surface area is 149 Å². The number of benzene rings is 1. The molecule has 2 aromatic rings. The van der Waals surface area contributed by atoms with E-state index in [4.69, 9.17) is 0 Å². The Morgan fingerprint density at radius 3 is 2.67 bits per heavy atom. The number of rotatable bonds is 3. The third-order valence-corrected chi connectivity index (χ3v) is 4.97. The van der Waals surface area contributed by atoms with Gasteiger partial charge in [0.05, 0.1) is 5.56 Å². The van der Waals surface area contributed by atoms with E-state index in [1.807, 2.05) is 12.3 Å². The van der Waals surface area contributed by atoms with Crippen LogP contribution in [0.25, 0.3) is 0 Å². The number of pyridine rings is 1. The lowest BCUT2D eigenvalue weighted by Gasteiger charge is -2.38. The van der Waals surface area contributed by atoms with E-state index < -0.39 is 5.82 Å². The van der Waals surface area contributed by atoms with Crippen molar-refractivity contribution < 1.29 is 9.18 Å². The summed E-state index contributed by atoms with van der Waals surface area (Å²) in [6.45, 7) is 4.85. The highest BCUT2D eigenvalue weighted by molar-refractivity contribution is 9.10. The molecular formula is C18H19BrFN3O. The van der Waals surface area contributed by atoms with Gasteiger partial charge in [-0.15, -0.1) is 0 Å². The van der Waals surface area contributed by atoms with Crippen LogP contribution in [0.5, 0.6) is 0 Å². The molecule has 0 radical (unpaired) electrons. The topological polar surface area (TPSA) is 36.4 Å². The molecule has 1 aliphatic heterocycles. The molecule has 0 N–H and O–H groups in total. The highest BCUT2D eigenvalue weighted by Gasteiger charge is 2.26. The summed E-state index contributed by atoms with van der Waals surface area (Å²) >= 11 is 3.29. The van der Waals surface area contributed by atoms with Crippen LogP contribution >= 0.6 is 15.9 Å². The minimum absolute atomic E-state index is 0.123. The number of carbonyl (C=O) groups is 1. The van der Waals surface area contributed by atoms with Crippen molar-refractivity contribution in [1.82, 2.24) is 14.8 Å². The van der Waals surface area contributed by atoms with Gasteiger partial charge >= 0.3 is 0 Å². The molecule has 0 saturated carbocycles. The van der Waals surface area contributed by atoms with Gasteiger partial charge in [0.1, 0.15) is 5.82 Å². The molecule has 1 amide bonds. The van der Waals surface area contributed by atoms with Crippen LogP contribution in [0.4, 0.5) is 4.39 Å². The Morgan fingerprint density at radius 2 is 2.00 bits per heavy atom. The van der Waals surface area contributed by atoms with Gasteiger partial charge in [0.15, 0.2) is 0 Å². The minimum atomic E-state index is -0.477. The Morgan fingerprint density at radius 1 is 1.25 bits per heavy atom. The number of amides is 1. The molecular weight excluding hydrogens is 373 g/mol. The Hall–Kier alpha value is -1.79. The summed E-state index contributed by atoms with van der Waals surface area (Å²) in [7, 11) is 0. The molecule has 4 nitrogen and oxygen atoms in total. The number of piperazine rings is 1. The number of aromatic nitrogens is 1. The van der Waals surface area contributed by atoms with E-state index in [0.29, 0.717) is 17.6 Å². The molecule has 1 saturated heterocycles. The maximum Gasteiger partial charge on any atom is 0.256 e. The van der Waals surface area contributed by atoms with E-state index in [1.54, 1.807) is 23.2 Å². The van der Waals surface area contributed by atoms with E-state index in [9.17, 15) is 9.18 Å². The van der Waals surface area contributed by atoms with Gasteiger partial charge in [0.25, 0.3) is 5.91 Å². The lowest BCUT2D eigenvalue weighted by molar-refractivity contribution is 0.0577.